The molecule has 2 rings (SSSR count). The number of hydrogen-bond acceptors (Lipinski definition) is 1. The molecular formula is C14H22O. The fourth-order valence-electron chi connectivity index (χ4n) is 3.60. The van der Waals surface area contributed by atoms with E-state index < -0.39 is 0 Å². The molecule has 84 valence electrons. The smallest absolute Gasteiger partial charge is 0.0606 e. The predicted molar refractivity (Wildman–Crippen MR) is 62.4 cm³/mol. The van der Waals surface area contributed by atoms with Crippen molar-refractivity contribution >= 4 is 0 Å². The van der Waals surface area contributed by atoms with E-state index in [1.807, 2.05) is 0 Å². The first-order chi connectivity index (χ1) is 7.35. The van der Waals surface area contributed by atoms with Gasteiger partial charge in [0.1, 0.15) is 0 Å². The van der Waals surface area contributed by atoms with Gasteiger partial charge >= 0.3 is 0 Å². The van der Waals surface area contributed by atoms with Crippen molar-refractivity contribution in [3.63, 3.8) is 0 Å². The van der Waals surface area contributed by atoms with Crippen molar-refractivity contribution in [2.24, 2.45) is 17.8 Å². The Kier molecular flexibility index (Phi) is 3.70. The molecule has 2 aliphatic carbocycles. The van der Waals surface area contributed by atoms with Crippen molar-refractivity contribution in [2.75, 3.05) is 6.61 Å². The molecule has 1 nitrogen and oxygen atoms in total. The van der Waals surface area contributed by atoms with Gasteiger partial charge in [-0.2, -0.15) is 0 Å². The minimum absolute atomic E-state index is 0.566. The van der Waals surface area contributed by atoms with Crippen molar-refractivity contribution in [2.45, 2.75) is 51.6 Å². The Bertz CT molecular complexity index is 238. The van der Waals surface area contributed by atoms with Gasteiger partial charge < -0.3 is 4.74 Å². The van der Waals surface area contributed by atoms with Crippen LogP contribution in [0.25, 0.3) is 0 Å². The number of fused-ring (bicyclic) bond motifs is 1. The van der Waals surface area contributed by atoms with Gasteiger partial charge in [-0.05, 0) is 56.8 Å². The molecular weight excluding hydrogens is 184 g/mol. The minimum Gasteiger partial charge on any atom is -0.378 e. The normalized spacial score (nSPS) is 38.9. The van der Waals surface area contributed by atoms with E-state index in [2.05, 4.69) is 12.8 Å². The van der Waals surface area contributed by atoms with Gasteiger partial charge in [0.05, 0.1) is 6.10 Å². The quantitative estimate of drug-likeness (QED) is 0.642. The van der Waals surface area contributed by atoms with E-state index in [1.165, 1.54) is 32.1 Å². The lowest BCUT2D eigenvalue weighted by molar-refractivity contribution is 0.0313. The van der Waals surface area contributed by atoms with Crippen LogP contribution < -0.4 is 0 Å². The van der Waals surface area contributed by atoms with E-state index >= 15 is 0 Å². The molecule has 0 saturated heterocycles. The molecule has 0 bridgehead atoms. The van der Waals surface area contributed by atoms with Crippen LogP contribution in [0.1, 0.15) is 45.4 Å². The molecule has 0 heterocycles. The van der Waals surface area contributed by atoms with Gasteiger partial charge in [0.2, 0.25) is 0 Å². The van der Waals surface area contributed by atoms with Gasteiger partial charge in [-0.1, -0.05) is 0 Å². The Morgan fingerprint density at radius 1 is 1.33 bits per heavy atom. The first-order valence-corrected chi connectivity index (χ1v) is 6.40. The maximum atomic E-state index is 5.83. The lowest BCUT2D eigenvalue weighted by Gasteiger charge is -2.18. The fraction of sp³-hybridized carbons (Fsp3) is 0.857. The van der Waals surface area contributed by atoms with Gasteiger partial charge in [0, 0.05) is 13.0 Å². The second-order valence-corrected chi connectivity index (χ2v) is 5.08. The van der Waals surface area contributed by atoms with Crippen LogP contribution in [0, 0.1) is 30.1 Å². The SMILES string of the molecule is C#CCCC1CC2CCC(OCC)C2C1. The molecule has 2 aliphatic rings. The molecule has 0 aromatic carbocycles. The molecule has 0 aromatic rings. The van der Waals surface area contributed by atoms with Crippen molar-refractivity contribution in [1.82, 2.24) is 0 Å². The summed E-state index contributed by atoms with van der Waals surface area (Å²) < 4.78 is 5.83. The second-order valence-electron chi connectivity index (χ2n) is 5.08. The Hall–Kier alpha value is -0.480. The van der Waals surface area contributed by atoms with E-state index in [0.717, 1.165) is 30.8 Å². The summed E-state index contributed by atoms with van der Waals surface area (Å²) in [6.45, 7) is 2.99. The van der Waals surface area contributed by atoms with E-state index in [4.69, 9.17) is 11.2 Å². The topological polar surface area (TPSA) is 9.23 Å². The predicted octanol–water partition coefficient (Wildman–Crippen LogP) is 3.24. The molecule has 15 heavy (non-hydrogen) atoms. The standard InChI is InChI=1S/C14H22O/c1-3-5-6-11-9-12-7-8-14(15-4-2)13(12)10-11/h1,11-14H,4-10H2,2H3. The zero-order valence-electron chi connectivity index (χ0n) is 9.74. The van der Waals surface area contributed by atoms with Crippen molar-refractivity contribution in [3.05, 3.63) is 0 Å². The first-order valence-electron chi connectivity index (χ1n) is 6.40. The van der Waals surface area contributed by atoms with Gasteiger partial charge in [-0.3, -0.25) is 0 Å². The van der Waals surface area contributed by atoms with Gasteiger partial charge in [-0.25, -0.2) is 0 Å². The van der Waals surface area contributed by atoms with Gasteiger partial charge in [0.25, 0.3) is 0 Å². The molecule has 4 atom stereocenters. The number of hydrogen-bond donors (Lipinski definition) is 0. The number of ether oxygens (including phenoxy) is 1. The molecule has 1 heteroatoms. The molecule has 0 aliphatic heterocycles. The average molecular weight is 206 g/mol. The maximum Gasteiger partial charge on any atom is 0.0606 e. The van der Waals surface area contributed by atoms with Crippen LogP contribution in [0.2, 0.25) is 0 Å². The highest BCUT2D eigenvalue weighted by molar-refractivity contribution is 4.95. The fourth-order valence-corrected chi connectivity index (χ4v) is 3.60. The summed E-state index contributed by atoms with van der Waals surface area (Å²) in [4.78, 5) is 0. The third-order valence-electron chi connectivity index (χ3n) is 4.22. The monoisotopic (exact) mass is 206 g/mol. The molecule has 0 N–H and O–H groups in total. The largest absolute Gasteiger partial charge is 0.378 e. The highest BCUT2D eigenvalue weighted by atomic mass is 16.5. The highest BCUT2D eigenvalue weighted by Gasteiger charge is 2.43. The van der Waals surface area contributed by atoms with Crippen LogP contribution >= 0.6 is 0 Å². The number of rotatable bonds is 4. The maximum absolute atomic E-state index is 5.83. The Labute approximate surface area is 93.6 Å². The van der Waals surface area contributed by atoms with Crippen LogP contribution in [0.15, 0.2) is 0 Å². The van der Waals surface area contributed by atoms with Crippen molar-refractivity contribution in [3.8, 4) is 12.3 Å². The van der Waals surface area contributed by atoms with Gasteiger partial charge in [0.15, 0.2) is 0 Å². The third kappa shape index (κ3) is 2.37. The Morgan fingerprint density at radius 2 is 2.20 bits per heavy atom. The van der Waals surface area contributed by atoms with E-state index in [9.17, 15) is 0 Å². The third-order valence-corrected chi connectivity index (χ3v) is 4.22. The summed E-state index contributed by atoms with van der Waals surface area (Å²) in [7, 11) is 0. The second kappa shape index (κ2) is 5.03. The molecule has 2 saturated carbocycles. The summed E-state index contributed by atoms with van der Waals surface area (Å²) in [5.41, 5.74) is 0. The van der Waals surface area contributed by atoms with E-state index in [-0.39, 0.29) is 0 Å². The average Bonchev–Trinajstić information content (AvgIpc) is 2.77. The molecule has 0 amide bonds. The van der Waals surface area contributed by atoms with Crippen LogP contribution in [0.5, 0.6) is 0 Å². The molecule has 0 spiro atoms. The van der Waals surface area contributed by atoms with E-state index in [1.54, 1.807) is 0 Å². The minimum atomic E-state index is 0.566. The lowest BCUT2D eigenvalue weighted by atomic mass is 9.97. The summed E-state index contributed by atoms with van der Waals surface area (Å²) in [6.07, 6.45) is 13.6. The molecule has 0 aromatic heterocycles. The molecule has 4 unspecified atom stereocenters. The number of terminal acetylenes is 1. The van der Waals surface area contributed by atoms with Crippen LogP contribution in [0.3, 0.4) is 0 Å². The zero-order valence-corrected chi connectivity index (χ0v) is 9.74. The van der Waals surface area contributed by atoms with Crippen molar-refractivity contribution in [1.29, 1.82) is 0 Å². The summed E-state index contributed by atoms with van der Waals surface area (Å²) >= 11 is 0. The highest BCUT2D eigenvalue weighted by Crippen LogP contribution is 2.49. The van der Waals surface area contributed by atoms with Crippen molar-refractivity contribution < 1.29 is 4.74 Å². The molecule has 0 radical (unpaired) electrons. The Morgan fingerprint density at radius 3 is 2.93 bits per heavy atom. The summed E-state index contributed by atoms with van der Waals surface area (Å²) in [6, 6.07) is 0. The van der Waals surface area contributed by atoms with Crippen LogP contribution in [0.4, 0.5) is 0 Å². The zero-order chi connectivity index (χ0) is 10.7. The van der Waals surface area contributed by atoms with Crippen LogP contribution in [-0.2, 0) is 4.74 Å². The summed E-state index contributed by atoms with van der Waals surface area (Å²) in [5.74, 6) is 5.46. The molecule has 2 fully saturated rings. The first kappa shape index (κ1) is 11.0. The van der Waals surface area contributed by atoms with Gasteiger partial charge in [-0.15, -0.1) is 12.3 Å². The Balaban J connectivity index is 1.83. The van der Waals surface area contributed by atoms with E-state index in [0.29, 0.717) is 6.10 Å². The lowest BCUT2D eigenvalue weighted by Crippen LogP contribution is -2.19. The summed E-state index contributed by atoms with van der Waals surface area (Å²) in [5, 5.41) is 0. The van der Waals surface area contributed by atoms with Crippen LogP contribution in [-0.4, -0.2) is 12.7 Å².